The van der Waals surface area contributed by atoms with Crippen molar-refractivity contribution in [3.8, 4) is 0 Å². The van der Waals surface area contributed by atoms with E-state index in [1.54, 1.807) is 0 Å². The molecule has 3 rings (SSSR count). The van der Waals surface area contributed by atoms with E-state index in [-0.39, 0.29) is 11.9 Å². The lowest BCUT2D eigenvalue weighted by Crippen LogP contribution is -2.27. The van der Waals surface area contributed by atoms with Crippen LogP contribution in [0.25, 0.3) is 10.2 Å². The number of carbonyl (C=O) groups is 1. The quantitative estimate of drug-likeness (QED) is 0.783. The second kappa shape index (κ2) is 6.16. The fourth-order valence-corrected chi connectivity index (χ4v) is 3.79. The molecule has 1 aromatic carbocycles. The van der Waals surface area contributed by atoms with Gasteiger partial charge in [0.15, 0.2) is 0 Å². The van der Waals surface area contributed by atoms with E-state index in [2.05, 4.69) is 48.5 Å². The van der Waals surface area contributed by atoms with Crippen LogP contribution in [0.3, 0.4) is 0 Å². The number of benzene rings is 1. The zero-order chi connectivity index (χ0) is 16.6. The lowest BCUT2D eigenvalue weighted by atomic mass is 10.0. The van der Waals surface area contributed by atoms with Gasteiger partial charge in [-0.25, -0.2) is 0 Å². The van der Waals surface area contributed by atoms with Gasteiger partial charge in [0, 0.05) is 12.4 Å². The topological polar surface area (TPSA) is 46.9 Å². The van der Waals surface area contributed by atoms with Crippen LogP contribution < -0.4 is 5.32 Å². The number of thiophene rings is 1. The number of aromatic nitrogens is 2. The fraction of sp³-hybridized carbons (Fsp3) is 0.333. The van der Waals surface area contributed by atoms with Gasteiger partial charge in [0.25, 0.3) is 5.91 Å². The van der Waals surface area contributed by atoms with Gasteiger partial charge in [0.05, 0.1) is 16.6 Å². The second-order valence-electron chi connectivity index (χ2n) is 5.88. The lowest BCUT2D eigenvalue weighted by molar-refractivity contribution is 0.0940. The Morgan fingerprint density at radius 1 is 1.30 bits per heavy atom. The first-order valence-corrected chi connectivity index (χ1v) is 8.61. The molecule has 23 heavy (non-hydrogen) atoms. The summed E-state index contributed by atoms with van der Waals surface area (Å²) in [6.45, 7) is 6.12. The van der Waals surface area contributed by atoms with Crippen molar-refractivity contribution in [3.63, 3.8) is 0 Å². The largest absolute Gasteiger partial charge is 0.345 e. The van der Waals surface area contributed by atoms with Gasteiger partial charge in [0.1, 0.15) is 4.83 Å². The molecule has 3 aromatic rings. The van der Waals surface area contributed by atoms with Crippen LogP contribution in [0.5, 0.6) is 0 Å². The van der Waals surface area contributed by atoms with Crippen LogP contribution in [0, 0.1) is 13.8 Å². The third kappa shape index (κ3) is 3.01. The maximum atomic E-state index is 12.6. The molecule has 0 bridgehead atoms. The molecule has 5 heteroatoms. The number of amides is 1. The Balaban J connectivity index is 1.83. The van der Waals surface area contributed by atoms with Crippen LogP contribution in [0.4, 0.5) is 0 Å². The molecule has 0 aliphatic heterocycles. The summed E-state index contributed by atoms with van der Waals surface area (Å²) < 4.78 is 1.84. The van der Waals surface area contributed by atoms with Crippen molar-refractivity contribution in [1.29, 1.82) is 0 Å². The van der Waals surface area contributed by atoms with Crippen LogP contribution in [0.1, 0.15) is 45.9 Å². The van der Waals surface area contributed by atoms with Crippen LogP contribution >= 0.6 is 11.3 Å². The van der Waals surface area contributed by atoms with E-state index in [4.69, 9.17) is 0 Å². The average molecular weight is 327 g/mol. The van der Waals surface area contributed by atoms with Gasteiger partial charge >= 0.3 is 0 Å². The van der Waals surface area contributed by atoms with Crippen molar-refractivity contribution < 1.29 is 4.79 Å². The second-order valence-corrected chi connectivity index (χ2v) is 6.91. The highest BCUT2D eigenvalue weighted by atomic mass is 32.1. The number of fused-ring (bicyclic) bond motifs is 1. The maximum absolute atomic E-state index is 12.6. The van der Waals surface area contributed by atoms with Gasteiger partial charge in [-0.3, -0.25) is 9.48 Å². The highest BCUT2D eigenvalue weighted by molar-refractivity contribution is 7.20. The molecule has 0 fully saturated rings. The molecule has 0 aliphatic rings. The summed E-state index contributed by atoms with van der Waals surface area (Å²) in [6.07, 6.45) is 0.861. The van der Waals surface area contributed by atoms with Gasteiger partial charge in [-0.1, -0.05) is 36.8 Å². The smallest absolute Gasteiger partial charge is 0.261 e. The van der Waals surface area contributed by atoms with Crippen LogP contribution in [-0.2, 0) is 7.05 Å². The molecule has 0 unspecified atom stereocenters. The van der Waals surface area contributed by atoms with E-state index in [9.17, 15) is 4.79 Å². The van der Waals surface area contributed by atoms with Gasteiger partial charge in [0.2, 0.25) is 0 Å². The van der Waals surface area contributed by atoms with Crippen molar-refractivity contribution in [2.24, 2.45) is 7.05 Å². The lowest BCUT2D eigenvalue weighted by Gasteiger charge is -2.17. The Hall–Kier alpha value is -2.14. The minimum absolute atomic E-state index is 0.0157. The first kappa shape index (κ1) is 15.7. The molecule has 1 atom stereocenters. The van der Waals surface area contributed by atoms with E-state index in [1.165, 1.54) is 16.9 Å². The molecule has 4 nitrogen and oxygen atoms in total. The predicted molar refractivity (Wildman–Crippen MR) is 95.0 cm³/mol. The summed E-state index contributed by atoms with van der Waals surface area (Å²) in [5.41, 5.74) is 3.33. The van der Waals surface area contributed by atoms with Gasteiger partial charge < -0.3 is 5.32 Å². The van der Waals surface area contributed by atoms with Crippen LogP contribution in [0.15, 0.2) is 30.3 Å². The van der Waals surface area contributed by atoms with Gasteiger partial charge in [-0.05, 0) is 31.9 Å². The molecule has 0 spiro atoms. The van der Waals surface area contributed by atoms with Crippen LogP contribution in [0.2, 0.25) is 0 Å². The fourth-order valence-electron chi connectivity index (χ4n) is 2.77. The normalized spacial score (nSPS) is 12.5. The van der Waals surface area contributed by atoms with Crippen molar-refractivity contribution >= 4 is 27.5 Å². The number of carbonyl (C=O) groups excluding carboxylic acids is 1. The molecule has 1 N–H and O–H groups in total. The highest BCUT2D eigenvalue weighted by Gasteiger charge is 2.18. The van der Waals surface area contributed by atoms with Gasteiger partial charge in [-0.2, -0.15) is 5.10 Å². The Morgan fingerprint density at radius 2 is 2.00 bits per heavy atom. The van der Waals surface area contributed by atoms with Crippen molar-refractivity contribution in [2.75, 3.05) is 0 Å². The summed E-state index contributed by atoms with van der Waals surface area (Å²) in [4.78, 5) is 14.4. The average Bonchev–Trinajstić information content (AvgIpc) is 3.08. The van der Waals surface area contributed by atoms with Crippen molar-refractivity contribution in [1.82, 2.24) is 15.1 Å². The summed E-state index contributed by atoms with van der Waals surface area (Å²) in [5.74, 6) is -0.0157. The molecule has 120 valence electrons. The molecule has 2 aromatic heterocycles. The standard InChI is InChI=1S/C18H21N3OS/c1-5-15(13-8-6-11(2)7-9-13)19-17(22)16-10-14-12(3)20-21(4)18(14)23-16/h6-10,15H,5H2,1-4H3,(H,19,22)/t15-/m1/s1. The van der Waals surface area contributed by atoms with E-state index in [0.717, 1.165) is 32.8 Å². The monoisotopic (exact) mass is 327 g/mol. The molecule has 0 saturated heterocycles. The molecule has 0 saturated carbocycles. The van der Waals surface area contributed by atoms with E-state index in [0.29, 0.717) is 0 Å². The predicted octanol–water partition coefficient (Wildman–Crippen LogP) is 4.13. The third-order valence-corrected chi connectivity index (χ3v) is 5.31. The summed E-state index contributed by atoms with van der Waals surface area (Å²) in [5, 5.41) is 8.59. The van der Waals surface area contributed by atoms with Crippen LogP contribution in [-0.4, -0.2) is 15.7 Å². The number of hydrogen-bond donors (Lipinski definition) is 1. The zero-order valence-electron chi connectivity index (χ0n) is 13.9. The zero-order valence-corrected chi connectivity index (χ0v) is 14.7. The number of nitrogens with zero attached hydrogens (tertiary/aromatic N) is 2. The minimum atomic E-state index is -0.0157. The van der Waals surface area contributed by atoms with E-state index in [1.807, 2.05) is 24.7 Å². The Labute approximate surface area is 140 Å². The number of aryl methyl sites for hydroxylation is 3. The Bertz CT molecular complexity index is 811. The molecular weight excluding hydrogens is 306 g/mol. The summed E-state index contributed by atoms with van der Waals surface area (Å²) in [7, 11) is 1.91. The molecule has 0 aliphatic carbocycles. The first-order valence-electron chi connectivity index (χ1n) is 7.80. The van der Waals surface area contributed by atoms with Crippen molar-refractivity contribution in [2.45, 2.75) is 33.2 Å². The molecule has 2 heterocycles. The molecular formula is C18H21N3OS. The van der Waals surface area contributed by atoms with E-state index < -0.39 is 0 Å². The maximum Gasteiger partial charge on any atom is 0.261 e. The Morgan fingerprint density at radius 3 is 2.61 bits per heavy atom. The molecule has 1 amide bonds. The number of hydrogen-bond acceptors (Lipinski definition) is 3. The van der Waals surface area contributed by atoms with Crippen molar-refractivity contribution in [3.05, 3.63) is 52.0 Å². The minimum Gasteiger partial charge on any atom is -0.345 e. The number of nitrogens with one attached hydrogen (secondary N) is 1. The van der Waals surface area contributed by atoms with Gasteiger partial charge in [-0.15, -0.1) is 11.3 Å². The summed E-state index contributed by atoms with van der Waals surface area (Å²) in [6, 6.07) is 10.3. The van der Waals surface area contributed by atoms with E-state index >= 15 is 0 Å². The third-order valence-electron chi connectivity index (χ3n) is 4.11. The SMILES string of the molecule is CC[C@@H](NC(=O)c1cc2c(C)nn(C)c2s1)c1ccc(C)cc1. The molecule has 0 radical (unpaired) electrons. The summed E-state index contributed by atoms with van der Waals surface area (Å²) >= 11 is 1.49. The first-order chi connectivity index (χ1) is 11.0. The number of rotatable bonds is 4. The highest BCUT2D eigenvalue weighted by Crippen LogP contribution is 2.28. The Kier molecular flexibility index (Phi) is 4.22.